The Kier molecular flexibility index (Phi) is 3.83. The highest BCUT2D eigenvalue weighted by Gasteiger charge is 2.26. The molecule has 114 valence electrons. The number of carbonyl (C=O) groups is 1. The quantitative estimate of drug-likeness (QED) is 0.597. The minimum atomic E-state index is -0.456. The van der Waals surface area contributed by atoms with Crippen LogP contribution in [0.3, 0.4) is 0 Å². The van der Waals surface area contributed by atoms with Crippen molar-refractivity contribution in [2.24, 2.45) is 0 Å². The van der Waals surface area contributed by atoms with Gasteiger partial charge in [0.25, 0.3) is 0 Å². The molecule has 0 aromatic heterocycles. The zero-order valence-corrected chi connectivity index (χ0v) is 13.3. The van der Waals surface area contributed by atoms with Gasteiger partial charge >= 0.3 is 5.97 Å². The lowest BCUT2D eigenvalue weighted by atomic mass is 9.94. The number of hydrogen-bond acceptors (Lipinski definition) is 3. The van der Waals surface area contributed by atoms with E-state index < -0.39 is 5.97 Å². The van der Waals surface area contributed by atoms with Crippen LogP contribution in [-0.4, -0.2) is 11.6 Å². The molecule has 0 atom stereocenters. The third kappa shape index (κ3) is 3.09. The summed E-state index contributed by atoms with van der Waals surface area (Å²) < 4.78 is 11.3. The summed E-state index contributed by atoms with van der Waals surface area (Å²) in [6.45, 7) is 4.14. The first-order valence-electron chi connectivity index (χ1n) is 7.23. The Morgan fingerprint density at radius 2 is 2.00 bits per heavy atom. The molecule has 0 radical (unpaired) electrons. The van der Waals surface area contributed by atoms with Crippen molar-refractivity contribution in [1.29, 1.82) is 0 Å². The van der Waals surface area contributed by atoms with Crippen molar-refractivity contribution in [3.8, 4) is 11.5 Å². The summed E-state index contributed by atoms with van der Waals surface area (Å²) in [7, 11) is 0. The summed E-state index contributed by atoms with van der Waals surface area (Å²) in [5.74, 6) is 0.906. The van der Waals surface area contributed by atoms with Gasteiger partial charge in [-0.05, 0) is 62.6 Å². The molecule has 2 aromatic rings. The second-order valence-corrected chi connectivity index (χ2v) is 6.41. The molecule has 0 aliphatic carbocycles. The normalized spacial score (nSPS) is 15.6. The highest BCUT2D eigenvalue weighted by Crippen LogP contribution is 2.35. The summed E-state index contributed by atoms with van der Waals surface area (Å²) >= 11 is 6.01. The van der Waals surface area contributed by atoms with Crippen molar-refractivity contribution in [1.82, 2.24) is 0 Å². The predicted octanol–water partition coefficient (Wildman–Crippen LogP) is 4.66. The van der Waals surface area contributed by atoms with E-state index >= 15 is 0 Å². The monoisotopic (exact) mass is 316 g/mol. The first kappa shape index (κ1) is 14.9. The van der Waals surface area contributed by atoms with Crippen LogP contribution in [0.1, 0.15) is 36.2 Å². The van der Waals surface area contributed by atoms with Crippen LogP contribution in [-0.2, 0) is 6.42 Å². The summed E-state index contributed by atoms with van der Waals surface area (Å²) in [5.41, 5.74) is 1.27. The SMILES string of the molecule is CC1(C)CCc2cc(OC(=O)c3ccccc3Cl)ccc2O1. The number of benzene rings is 2. The van der Waals surface area contributed by atoms with Crippen LogP contribution >= 0.6 is 11.6 Å². The number of carbonyl (C=O) groups excluding carboxylic acids is 1. The van der Waals surface area contributed by atoms with E-state index in [4.69, 9.17) is 21.1 Å². The highest BCUT2D eigenvalue weighted by molar-refractivity contribution is 6.33. The highest BCUT2D eigenvalue weighted by atomic mass is 35.5. The largest absolute Gasteiger partial charge is 0.488 e. The zero-order chi connectivity index (χ0) is 15.7. The molecule has 0 saturated carbocycles. The number of fused-ring (bicyclic) bond motifs is 1. The summed E-state index contributed by atoms with van der Waals surface area (Å²) in [6, 6.07) is 12.3. The van der Waals surface area contributed by atoms with E-state index in [0.29, 0.717) is 16.3 Å². The number of esters is 1. The first-order chi connectivity index (χ1) is 10.4. The molecule has 22 heavy (non-hydrogen) atoms. The third-order valence-electron chi connectivity index (χ3n) is 3.72. The molecule has 3 rings (SSSR count). The van der Waals surface area contributed by atoms with Crippen molar-refractivity contribution in [3.63, 3.8) is 0 Å². The van der Waals surface area contributed by atoms with Gasteiger partial charge < -0.3 is 9.47 Å². The van der Waals surface area contributed by atoms with Crippen molar-refractivity contribution in [3.05, 3.63) is 58.6 Å². The van der Waals surface area contributed by atoms with Crippen LogP contribution in [0.4, 0.5) is 0 Å². The molecule has 0 bridgehead atoms. The standard InChI is InChI=1S/C18H17ClO3/c1-18(2)10-9-12-11-13(7-8-16(12)22-18)21-17(20)14-5-3-4-6-15(14)19/h3-8,11H,9-10H2,1-2H3. The molecule has 0 N–H and O–H groups in total. The molecular weight excluding hydrogens is 300 g/mol. The van der Waals surface area contributed by atoms with Gasteiger partial charge in [0.2, 0.25) is 0 Å². The van der Waals surface area contributed by atoms with Gasteiger partial charge in [-0.25, -0.2) is 4.79 Å². The van der Waals surface area contributed by atoms with E-state index in [2.05, 4.69) is 13.8 Å². The molecule has 3 nitrogen and oxygen atoms in total. The lowest BCUT2D eigenvalue weighted by molar-refractivity contribution is 0.0727. The van der Waals surface area contributed by atoms with Gasteiger partial charge in [0.05, 0.1) is 10.6 Å². The Morgan fingerprint density at radius 1 is 1.23 bits per heavy atom. The van der Waals surface area contributed by atoms with Gasteiger partial charge in [0.15, 0.2) is 0 Å². The first-order valence-corrected chi connectivity index (χ1v) is 7.61. The summed E-state index contributed by atoms with van der Waals surface area (Å²) in [5, 5.41) is 0.385. The number of ether oxygens (including phenoxy) is 2. The van der Waals surface area contributed by atoms with Gasteiger partial charge in [-0.3, -0.25) is 0 Å². The van der Waals surface area contributed by atoms with E-state index in [1.54, 1.807) is 30.3 Å². The Morgan fingerprint density at radius 3 is 2.77 bits per heavy atom. The number of rotatable bonds is 2. The maximum absolute atomic E-state index is 12.2. The van der Waals surface area contributed by atoms with Gasteiger partial charge in [0, 0.05) is 0 Å². The van der Waals surface area contributed by atoms with Crippen LogP contribution in [0.5, 0.6) is 11.5 Å². The van der Waals surface area contributed by atoms with E-state index in [9.17, 15) is 4.79 Å². The molecule has 0 fully saturated rings. The number of halogens is 1. The smallest absolute Gasteiger partial charge is 0.345 e. The number of aryl methyl sites for hydroxylation is 1. The Balaban J connectivity index is 1.80. The fourth-order valence-electron chi connectivity index (χ4n) is 2.49. The van der Waals surface area contributed by atoms with E-state index in [1.807, 2.05) is 12.1 Å². The van der Waals surface area contributed by atoms with Crippen molar-refractivity contribution in [2.45, 2.75) is 32.3 Å². The molecule has 2 aromatic carbocycles. The zero-order valence-electron chi connectivity index (χ0n) is 12.6. The average molecular weight is 317 g/mol. The van der Waals surface area contributed by atoms with Crippen LogP contribution < -0.4 is 9.47 Å². The fourth-order valence-corrected chi connectivity index (χ4v) is 2.70. The molecule has 1 aliphatic rings. The van der Waals surface area contributed by atoms with Crippen molar-refractivity contribution in [2.75, 3.05) is 0 Å². The molecule has 4 heteroatoms. The van der Waals surface area contributed by atoms with Gasteiger partial charge in [-0.1, -0.05) is 23.7 Å². The molecular formula is C18H17ClO3. The second kappa shape index (κ2) is 5.65. The molecule has 1 aliphatic heterocycles. The average Bonchev–Trinajstić information content (AvgIpc) is 2.47. The third-order valence-corrected chi connectivity index (χ3v) is 4.05. The molecule has 0 unspecified atom stereocenters. The topological polar surface area (TPSA) is 35.5 Å². The lowest BCUT2D eigenvalue weighted by Gasteiger charge is -2.32. The lowest BCUT2D eigenvalue weighted by Crippen LogP contribution is -2.32. The maximum atomic E-state index is 12.2. The van der Waals surface area contributed by atoms with Gasteiger partial charge in [-0.15, -0.1) is 0 Å². The van der Waals surface area contributed by atoms with E-state index in [-0.39, 0.29) is 5.60 Å². The van der Waals surface area contributed by atoms with Crippen molar-refractivity contribution < 1.29 is 14.3 Å². The Hall–Kier alpha value is -2.00. The minimum Gasteiger partial charge on any atom is -0.488 e. The molecule has 0 spiro atoms. The van der Waals surface area contributed by atoms with Gasteiger partial charge in [-0.2, -0.15) is 0 Å². The minimum absolute atomic E-state index is 0.150. The summed E-state index contributed by atoms with van der Waals surface area (Å²) in [4.78, 5) is 12.2. The number of hydrogen-bond donors (Lipinski definition) is 0. The predicted molar refractivity (Wildman–Crippen MR) is 85.9 cm³/mol. The Bertz CT molecular complexity index is 722. The molecule has 1 heterocycles. The second-order valence-electron chi connectivity index (χ2n) is 6.00. The summed E-state index contributed by atoms with van der Waals surface area (Å²) in [6.07, 6.45) is 1.84. The van der Waals surface area contributed by atoms with E-state index in [0.717, 1.165) is 24.2 Å². The van der Waals surface area contributed by atoms with Crippen LogP contribution in [0.2, 0.25) is 5.02 Å². The Labute approximate surface area is 134 Å². The van der Waals surface area contributed by atoms with Crippen LogP contribution in [0.15, 0.2) is 42.5 Å². The molecule has 0 saturated heterocycles. The molecule has 0 amide bonds. The van der Waals surface area contributed by atoms with Crippen LogP contribution in [0, 0.1) is 0 Å². The van der Waals surface area contributed by atoms with E-state index in [1.165, 1.54) is 0 Å². The fraction of sp³-hybridized carbons (Fsp3) is 0.278. The van der Waals surface area contributed by atoms with Crippen molar-refractivity contribution >= 4 is 17.6 Å². The van der Waals surface area contributed by atoms with Crippen LogP contribution in [0.25, 0.3) is 0 Å². The maximum Gasteiger partial charge on any atom is 0.345 e. The van der Waals surface area contributed by atoms with Gasteiger partial charge in [0.1, 0.15) is 17.1 Å².